The van der Waals surface area contributed by atoms with Crippen LogP contribution in [0.25, 0.3) is 0 Å². The summed E-state index contributed by atoms with van der Waals surface area (Å²) in [6, 6.07) is 9.99. The van der Waals surface area contributed by atoms with E-state index in [9.17, 15) is 5.26 Å². The first kappa shape index (κ1) is 15.9. The third-order valence-corrected chi connectivity index (χ3v) is 3.38. The van der Waals surface area contributed by atoms with Crippen molar-refractivity contribution in [3.63, 3.8) is 0 Å². The molecule has 0 saturated heterocycles. The largest absolute Gasteiger partial charge is 0.352 e. The molecule has 0 aliphatic carbocycles. The molecule has 2 rings (SSSR count). The smallest absolute Gasteiger partial charge is 0.223 e. The van der Waals surface area contributed by atoms with Gasteiger partial charge in [-0.05, 0) is 38.5 Å². The molecule has 2 aromatic heterocycles. The maximum atomic E-state index is 9.51. The van der Waals surface area contributed by atoms with Crippen molar-refractivity contribution in [3.8, 4) is 6.07 Å². The van der Waals surface area contributed by atoms with Crippen LogP contribution >= 0.6 is 0 Å². The van der Waals surface area contributed by atoms with Crippen molar-refractivity contribution in [1.29, 1.82) is 5.26 Å². The van der Waals surface area contributed by atoms with Crippen LogP contribution < -0.4 is 5.32 Å². The zero-order chi connectivity index (χ0) is 15.9. The number of aryl methyl sites for hydroxylation is 1. The number of aromatic nitrogens is 3. The Bertz CT molecular complexity index is 648. The van der Waals surface area contributed by atoms with E-state index in [0.717, 1.165) is 18.5 Å². The van der Waals surface area contributed by atoms with Crippen molar-refractivity contribution in [2.45, 2.75) is 45.6 Å². The highest BCUT2D eigenvalue weighted by atomic mass is 15.1. The molecule has 0 aliphatic rings. The van der Waals surface area contributed by atoms with Crippen LogP contribution in [0, 0.1) is 18.3 Å². The summed E-state index contributed by atoms with van der Waals surface area (Å²) in [5.41, 5.74) is 2.22. The van der Waals surface area contributed by atoms with Crippen LogP contribution in [0.1, 0.15) is 49.7 Å². The number of hydrogen-bond acceptors (Lipinski definition) is 5. The number of pyridine rings is 1. The minimum atomic E-state index is -0.482. The van der Waals surface area contributed by atoms with Gasteiger partial charge < -0.3 is 5.32 Å². The molecule has 0 spiro atoms. The lowest BCUT2D eigenvalue weighted by molar-refractivity contribution is 0.682. The molecule has 22 heavy (non-hydrogen) atoms. The summed E-state index contributed by atoms with van der Waals surface area (Å²) >= 11 is 0. The number of nitrogens with one attached hydrogen (secondary N) is 1. The Kier molecular flexibility index (Phi) is 5.42. The molecule has 0 fully saturated rings. The number of nitriles is 1. The highest BCUT2D eigenvalue weighted by Gasteiger charge is 2.18. The van der Waals surface area contributed by atoms with Crippen molar-refractivity contribution >= 4 is 5.95 Å². The fourth-order valence-electron chi connectivity index (χ4n) is 2.36. The van der Waals surface area contributed by atoms with Gasteiger partial charge in [0.05, 0.1) is 17.5 Å². The Labute approximate surface area is 131 Å². The van der Waals surface area contributed by atoms with Crippen molar-refractivity contribution < 1.29 is 0 Å². The van der Waals surface area contributed by atoms with E-state index in [-0.39, 0.29) is 0 Å². The minimum Gasteiger partial charge on any atom is -0.352 e. The molecular weight excluding hydrogens is 274 g/mol. The van der Waals surface area contributed by atoms with Gasteiger partial charge in [-0.15, -0.1) is 0 Å². The summed E-state index contributed by atoms with van der Waals surface area (Å²) in [6.45, 7) is 6.16. The maximum absolute atomic E-state index is 9.51. The molecule has 0 bridgehead atoms. The zero-order valence-corrected chi connectivity index (χ0v) is 13.2. The summed E-state index contributed by atoms with van der Waals surface area (Å²) in [5, 5.41) is 12.8. The van der Waals surface area contributed by atoms with Gasteiger partial charge in [-0.25, -0.2) is 9.97 Å². The average molecular weight is 295 g/mol. The van der Waals surface area contributed by atoms with E-state index in [1.54, 1.807) is 6.20 Å². The lowest BCUT2D eigenvalue weighted by Gasteiger charge is -2.15. The van der Waals surface area contributed by atoms with E-state index in [1.165, 1.54) is 0 Å². The molecule has 2 atom stereocenters. The van der Waals surface area contributed by atoms with Crippen LogP contribution in [0.5, 0.6) is 0 Å². The predicted octanol–water partition coefficient (Wildman–Crippen LogP) is 3.44. The lowest BCUT2D eigenvalue weighted by atomic mass is 10.0. The fraction of sp³-hybridized carbons (Fsp3) is 0.412. The molecule has 0 saturated carbocycles. The molecule has 114 valence electrons. The van der Waals surface area contributed by atoms with Gasteiger partial charge in [-0.3, -0.25) is 4.98 Å². The molecule has 2 unspecified atom stereocenters. The number of nitrogens with zero attached hydrogens (tertiary/aromatic N) is 4. The SMILES string of the molecule is CCCC(C)Nc1nc(C)cc(C(C#N)c2ccccn2)n1. The molecule has 0 aromatic carbocycles. The Morgan fingerprint density at radius 1 is 1.27 bits per heavy atom. The average Bonchev–Trinajstić information content (AvgIpc) is 2.48. The van der Waals surface area contributed by atoms with Crippen LogP contribution in [-0.2, 0) is 0 Å². The topological polar surface area (TPSA) is 74.5 Å². The molecular formula is C17H21N5. The molecule has 0 radical (unpaired) electrons. The quantitative estimate of drug-likeness (QED) is 0.883. The van der Waals surface area contributed by atoms with E-state index >= 15 is 0 Å². The Morgan fingerprint density at radius 2 is 2.09 bits per heavy atom. The van der Waals surface area contributed by atoms with E-state index in [4.69, 9.17) is 0 Å². The van der Waals surface area contributed by atoms with Gasteiger partial charge in [0.25, 0.3) is 0 Å². The standard InChI is InChI=1S/C17H21N5/c1-4-7-12(2)20-17-21-13(3)10-16(22-17)14(11-18)15-8-5-6-9-19-15/h5-6,8-10,12,14H,4,7H2,1-3H3,(H,20,21,22). The minimum absolute atomic E-state index is 0.301. The number of rotatable bonds is 6. The van der Waals surface area contributed by atoms with Gasteiger partial charge in [0, 0.05) is 17.9 Å². The zero-order valence-electron chi connectivity index (χ0n) is 13.2. The third kappa shape index (κ3) is 4.01. The van der Waals surface area contributed by atoms with Gasteiger partial charge >= 0.3 is 0 Å². The lowest BCUT2D eigenvalue weighted by Crippen LogP contribution is -2.18. The summed E-state index contributed by atoms with van der Waals surface area (Å²) in [4.78, 5) is 13.2. The van der Waals surface area contributed by atoms with Gasteiger partial charge in [0.15, 0.2) is 0 Å². The van der Waals surface area contributed by atoms with Crippen molar-refractivity contribution in [2.24, 2.45) is 0 Å². The molecule has 5 heteroatoms. The van der Waals surface area contributed by atoms with Crippen molar-refractivity contribution in [1.82, 2.24) is 15.0 Å². The van der Waals surface area contributed by atoms with Crippen molar-refractivity contribution in [2.75, 3.05) is 5.32 Å². The Balaban J connectivity index is 2.31. The van der Waals surface area contributed by atoms with E-state index in [0.29, 0.717) is 23.4 Å². The van der Waals surface area contributed by atoms with Crippen LogP contribution in [0.4, 0.5) is 5.95 Å². The number of hydrogen-bond donors (Lipinski definition) is 1. The molecule has 1 N–H and O–H groups in total. The van der Waals surface area contributed by atoms with E-state index in [1.807, 2.05) is 31.2 Å². The van der Waals surface area contributed by atoms with Gasteiger partial charge in [0.1, 0.15) is 5.92 Å². The molecule has 0 aliphatic heterocycles. The second-order valence-electron chi connectivity index (χ2n) is 5.41. The monoisotopic (exact) mass is 295 g/mol. The van der Waals surface area contributed by atoms with Crippen LogP contribution in [-0.4, -0.2) is 21.0 Å². The first-order chi connectivity index (χ1) is 10.6. The van der Waals surface area contributed by atoms with Gasteiger partial charge in [-0.2, -0.15) is 5.26 Å². The van der Waals surface area contributed by atoms with Crippen molar-refractivity contribution in [3.05, 3.63) is 47.5 Å². The molecule has 2 heterocycles. The second-order valence-corrected chi connectivity index (χ2v) is 5.41. The van der Waals surface area contributed by atoms with Crippen LogP contribution in [0.2, 0.25) is 0 Å². The van der Waals surface area contributed by atoms with E-state index in [2.05, 4.69) is 40.2 Å². The molecule has 5 nitrogen and oxygen atoms in total. The first-order valence-electron chi connectivity index (χ1n) is 7.56. The molecule has 0 amide bonds. The van der Waals surface area contributed by atoms with Gasteiger partial charge in [-0.1, -0.05) is 19.4 Å². The summed E-state index contributed by atoms with van der Waals surface area (Å²) in [6.07, 6.45) is 3.84. The second kappa shape index (κ2) is 7.51. The van der Waals surface area contributed by atoms with Crippen LogP contribution in [0.3, 0.4) is 0 Å². The molecule has 2 aromatic rings. The van der Waals surface area contributed by atoms with E-state index < -0.39 is 5.92 Å². The highest BCUT2D eigenvalue weighted by molar-refractivity contribution is 5.36. The third-order valence-electron chi connectivity index (χ3n) is 3.38. The van der Waals surface area contributed by atoms with Gasteiger partial charge in [0.2, 0.25) is 5.95 Å². The first-order valence-corrected chi connectivity index (χ1v) is 7.56. The summed E-state index contributed by atoms with van der Waals surface area (Å²) in [7, 11) is 0. The normalized spacial score (nSPS) is 13.2. The summed E-state index contributed by atoms with van der Waals surface area (Å²) in [5.74, 6) is 0.0945. The Morgan fingerprint density at radius 3 is 2.73 bits per heavy atom. The fourth-order valence-corrected chi connectivity index (χ4v) is 2.36. The summed E-state index contributed by atoms with van der Waals surface area (Å²) < 4.78 is 0. The highest BCUT2D eigenvalue weighted by Crippen LogP contribution is 2.22. The van der Waals surface area contributed by atoms with Crippen LogP contribution in [0.15, 0.2) is 30.5 Å². The number of anilines is 1. The Hall–Kier alpha value is -2.48. The maximum Gasteiger partial charge on any atom is 0.223 e. The predicted molar refractivity (Wildman–Crippen MR) is 86.5 cm³/mol.